The first kappa shape index (κ1) is 19.5. The Morgan fingerprint density at radius 3 is 2.40 bits per heavy atom. The van der Waals surface area contributed by atoms with Gasteiger partial charge in [-0.2, -0.15) is 0 Å². The summed E-state index contributed by atoms with van der Waals surface area (Å²) < 4.78 is 5.00. The molecule has 150 valence electrons. The van der Waals surface area contributed by atoms with Gasteiger partial charge in [0.05, 0.1) is 30.0 Å². The zero-order valence-corrected chi connectivity index (χ0v) is 16.6. The second kappa shape index (κ2) is 8.66. The molecule has 4 rings (SSSR count). The lowest BCUT2D eigenvalue weighted by Gasteiger charge is -2.08. The molecule has 4 aromatic rings. The van der Waals surface area contributed by atoms with Crippen molar-refractivity contribution in [2.24, 2.45) is 4.99 Å². The standard InChI is InChI=1S/C25H22N2O3/c1-2-30-22(28)16-17-12-14-19(15-13-17)26-24(18-8-4-3-5-9-18)23-20-10-6-7-11-21(20)27-25(23)29/h3-15,27,29H,2,16H2,1H3. The molecule has 0 bridgehead atoms. The number of ether oxygens (including phenoxy) is 1. The van der Waals surface area contributed by atoms with Crippen LogP contribution in [0.5, 0.6) is 5.88 Å². The fourth-order valence-corrected chi connectivity index (χ4v) is 3.42. The third-order valence-electron chi connectivity index (χ3n) is 4.80. The van der Waals surface area contributed by atoms with E-state index < -0.39 is 0 Å². The van der Waals surface area contributed by atoms with E-state index in [-0.39, 0.29) is 18.3 Å². The smallest absolute Gasteiger partial charge is 0.310 e. The number of rotatable bonds is 6. The molecule has 5 heteroatoms. The maximum Gasteiger partial charge on any atom is 0.310 e. The van der Waals surface area contributed by atoms with E-state index in [1.165, 1.54) is 0 Å². The number of esters is 1. The Labute approximate surface area is 174 Å². The molecule has 0 aliphatic heterocycles. The van der Waals surface area contributed by atoms with Crippen molar-refractivity contribution >= 4 is 28.3 Å². The first-order valence-corrected chi connectivity index (χ1v) is 9.84. The van der Waals surface area contributed by atoms with E-state index in [1.54, 1.807) is 6.92 Å². The number of hydrogen-bond donors (Lipinski definition) is 2. The Kier molecular flexibility index (Phi) is 5.61. The maximum atomic E-state index is 11.7. The van der Waals surface area contributed by atoms with Gasteiger partial charge in [-0.05, 0) is 30.7 Å². The average Bonchev–Trinajstić information content (AvgIpc) is 3.09. The third-order valence-corrected chi connectivity index (χ3v) is 4.80. The number of H-pyrrole nitrogens is 1. The van der Waals surface area contributed by atoms with Crippen LogP contribution >= 0.6 is 0 Å². The monoisotopic (exact) mass is 398 g/mol. The first-order valence-electron chi connectivity index (χ1n) is 9.84. The molecule has 2 N–H and O–H groups in total. The van der Waals surface area contributed by atoms with Crippen molar-refractivity contribution in [3.8, 4) is 5.88 Å². The lowest BCUT2D eigenvalue weighted by molar-refractivity contribution is -0.142. The van der Waals surface area contributed by atoms with Crippen molar-refractivity contribution in [1.82, 2.24) is 4.98 Å². The first-order chi connectivity index (χ1) is 14.7. The number of benzene rings is 3. The van der Waals surface area contributed by atoms with E-state index in [4.69, 9.17) is 9.73 Å². The fourth-order valence-electron chi connectivity index (χ4n) is 3.42. The van der Waals surface area contributed by atoms with Crippen LogP contribution in [-0.4, -0.2) is 28.4 Å². The van der Waals surface area contributed by atoms with Crippen molar-refractivity contribution in [3.63, 3.8) is 0 Å². The third kappa shape index (κ3) is 4.10. The van der Waals surface area contributed by atoms with Crippen LogP contribution in [-0.2, 0) is 16.0 Å². The topological polar surface area (TPSA) is 74.7 Å². The van der Waals surface area contributed by atoms with Gasteiger partial charge in [0.25, 0.3) is 0 Å². The molecule has 3 aromatic carbocycles. The van der Waals surface area contributed by atoms with Gasteiger partial charge in [-0.15, -0.1) is 0 Å². The van der Waals surface area contributed by atoms with Crippen molar-refractivity contribution in [3.05, 3.63) is 95.6 Å². The number of nitrogens with one attached hydrogen (secondary N) is 1. The van der Waals surface area contributed by atoms with E-state index in [9.17, 15) is 9.90 Å². The number of aromatic amines is 1. The van der Waals surface area contributed by atoms with Crippen LogP contribution in [0.15, 0.2) is 83.9 Å². The number of aromatic hydroxyl groups is 1. The normalized spacial score (nSPS) is 11.6. The van der Waals surface area contributed by atoms with Crippen molar-refractivity contribution in [2.75, 3.05) is 6.61 Å². The van der Waals surface area contributed by atoms with Crippen molar-refractivity contribution < 1.29 is 14.6 Å². The number of aromatic nitrogens is 1. The lowest BCUT2D eigenvalue weighted by Crippen LogP contribution is -2.07. The highest BCUT2D eigenvalue weighted by Gasteiger charge is 2.18. The second-order valence-corrected chi connectivity index (χ2v) is 6.87. The molecule has 1 aromatic heterocycles. The Bertz CT molecular complexity index is 1190. The molecule has 30 heavy (non-hydrogen) atoms. The average molecular weight is 398 g/mol. The summed E-state index contributed by atoms with van der Waals surface area (Å²) in [7, 11) is 0. The van der Waals surface area contributed by atoms with Gasteiger partial charge in [-0.3, -0.25) is 4.79 Å². The van der Waals surface area contributed by atoms with Crippen molar-refractivity contribution in [2.45, 2.75) is 13.3 Å². The van der Waals surface area contributed by atoms with Crippen LogP contribution in [0.25, 0.3) is 10.9 Å². The van der Waals surface area contributed by atoms with Crippen LogP contribution < -0.4 is 0 Å². The summed E-state index contributed by atoms with van der Waals surface area (Å²) in [6, 6.07) is 25.0. The zero-order valence-electron chi connectivity index (χ0n) is 16.6. The van der Waals surface area contributed by atoms with Crippen molar-refractivity contribution in [1.29, 1.82) is 0 Å². The summed E-state index contributed by atoms with van der Waals surface area (Å²) in [5.41, 5.74) is 4.66. The van der Waals surface area contributed by atoms with E-state index in [2.05, 4.69) is 4.98 Å². The molecule has 0 amide bonds. The van der Waals surface area contributed by atoms with Gasteiger partial charge in [-0.1, -0.05) is 60.7 Å². The molecule has 0 radical (unpaired) electrons. The molecule has 0 fully saturated rings. The number of nitrogens with zero attached hydrogens (tertiary/aromatic N) is 1. The summed E-state index contributed by atoms with van der Waals surface area (Å²) in [6.45, 7) is 2.16. The number of carbonyl (C=O) groups is 1. The fraction of sp³-hybridized carbons (Fsp3) is 0.120. The molecule has 0 atom stereocenters. The Morgan fingerprint density at radius 1 is 0.967 bits per heavy atom. The highest BCUT2D eigenvalue weighted by Crippen LogP contribution is 2.31. The molecular weight excluding hydrogens is 376 g/mol. The molecule has 0 aliphatic rings. The minimum atomic E-state index is -0.248. The number of fused-ring (bicyclic) bond motifs is 1. The molecule has 0 unspecified atom stereocenters. The number of carbonyl (C=O) groups excluding carboxylic acids is 1. The molecule has 5 nitrogen and oxygen atoms in total. The largest absolute Gasteiger partial charge is 0.494 e. The summed E-state index contributed by atoms with van der Waals surface area (Å²) in [5.74, 6) is -0.167. The van der Waals surface area contributed by atoms with Gasteiger partial charge < -0.3 is 14.8 Å². The maximum absolute atomic E-state index is 11.7. The van der Waals surface area contributed by atoms with Gasteiger partial charge in [-0.25, -0.2) is 4.99 Å². The van der Waals surface area contributed by atoms with Crippen LogP contribution in [0.2, 0.25) is 0 Å². The van der Waals surface area contributed by atoms with Gasteiger partial charge in [0.2, 0.25) is 0 Å². The van der Waals surface area contributed by atoms with E-state index in [0.717, 1.165) is 27.7 Å². The minimum Gasteiger partial charge on any atom is -0.494 e. The summed E-state index contributed by atoms with van der Waals surface area (Å²) in [5, 5.41) is 11.5. The Balaban J connectivity index is 1.77. The van der Waals surface area contributed by atoms with Crippen LogP contribution in [0.3, 0.4) is 0 Å². The van der Waals surface area contributed by atoms with Crippen LogP contribution in [0.1, 0.15) is 23.6 Å². The predicted molar refractivity (Wildman–Crippen MR) is 118 cm³/mol. The van der Waals surface area contributed by atoms with Gasteiger partial charge >= 0.3 is 5.97 Å². The number of para-hydroxylation sites is 1. The molecule has 1 heterocycles. The number of aliphatic imine (C=N–C) groups is 1. The predicted octanol–water partition coefficient (Wildman–Crippen LogP) is 5.15. The van der Waals surface area contributed by atoms with E-state index in [1.807, 2.05) is 78.9 Å². The Morgan fingerprint density at radius 2 is 1.67 bits per heavy atom. The minimum absolute atomic E-state index is 0.0812. The van der Waals surface area contributed by atoms with Crippen LogP contribution in [0.4, 0.5) is 5.69 Å². The summed E-state index contributed by atoms with van der Waals surface area (Å²) in [6.07, 6.45) is 0.229. The van der Waals surface area contributed by atoms with Gasteiger partial charge in [0.1, 0.15) is 0 Å². The Hall–Kier alpha value is -3.86. The molecular formula is C25H22N2O3. The van der Waals surface area contributed by atoms with Gasteiger partial charge in [0, 0.05) is 16.5 Å². The second-order valence-electron chi connectivity index (χ2n) is 6.87. The highest BCUT2D eigenvalue weighted by atomic mass is 16.5. The van der Waals surface area contributed by atoms with Gasteiger partial charge in [0.15, 0.2) is 5.88 Å². The molecule has 0 spiro atoms. The van der Waals surface area contributed by atoms with E-state index >= 15 is 0 Å². The van der Waals surface area contributed by atoms with Crippen LogP contribution in [0, 0.1) is 0 Å². The number of hydrogen-bond acceptors (Lipinski definition) is 4. The molecule has 0 saturated heterocycles. The zero-order chi connectivity index (χ0) is 20.9. The van der Waals surface area contributed by atoms with E-state index in [0.29, 0.717) is 17.9 Å². The summed E-state index contributed by atoms with van der Waals surface area (Å²) >= 11 is 0. The quantitative estimate of drug-likeness (QED) is 0.348. The SMILES string of the molecule is CCOC(=O)Cc1ccc(N=C(c2ccccc2)c2c(O)[nH]c3ccccc23)cc1. The lowest BCUT2D eigenvalue weighted by atomic mass is 10.0. The molecule has 0 aliphatic carbocycles. The molecule has 0 saturated carbocycles. The summed E-state index contributed by atoms with van der Waals surface area (Å²) in [4.78, 5) is 19.6. The highest BCUT2D eigenvalue weighted by molar-refractivity contribution is 6.21.